The smallest absolute Gasteiger partial charge is 0.384 e. The van der Waals surface area contributed by atoms with Crippen LogP contribution < -0.4 is 0 Å². The number of hydrogen-bond acceptors (Lipinski definition) is 2. The number of hydrogen-bond donors (Lipinski definition) is 0. The SMILES string of the molecule is COC(=O)C#Cc1ccc2c(c1)CCCC2. The molecule has 0 saturated carbocycles. The first kappa shape index (κ1) is 10.8. The van der Waals surface area contributed by atoms with E-state index in [-0.39, 0.29) is 0 Å². The Bertz CT molecular complexity index is 463. The summed E-state index contributed by atoms with van der Waals surface area (Å²) in [6.07, 6.45) is 4.82. The van der Waals surface area contributed by atoms with Gasteiger partial charge in [0.1, 0.15) is 0 Å². The molecule has 0 N–H and O–H groups in total. The third-order valence-electron chi connectivity index (χ3n) is 2.84. The lowest BCUT2D eigenvalue weighted by molar-refractivity contribution is -0.133. The number of fused-ring (bicyclic) bond motifs is 1. The molecule has 0 radical (unpaired) electrons. The maximum absolute atomic E-state index is 10.9. The number of aryl methyl sites for hydroxylation is 2. The molecule has 0 aliphatic heterocycles. The largest absolute Gasteiger partial charge is 0.459 e. The third kappa shape index (κ3) is 2.43. The molecule has 1 aromatic rings. The predicted molar refractivity (Wildman–Crippen MR) is 62.0 cm³/mol. The molecule has 2 rings (SSSR count). The number of esters is 1. The van der Waals surface area contributed by atoms with Crippen molar-refractivity contribution in [3.63, 3.8) is 0 Å². The molecule has 16 heavy (non-hydrogen) atoms. The molecule has 0 saturated heterocycles. The van der Waals surface area contributed by atoms with E-state index < -0.39 is 5.97 Å². The fourth-order valence-corrected chi connectivity index (χ4v) is 1.99. The Morgan fingerprint density at radius 3 is 2.75 bits per heavy atom. The summed E-state index contributed by atoms with van der Waals surface area (Å²) in [5, 5.41) is 0. The van der Waals surface area contributed by atoms with Crippen molar-refractivity contribution in [3.05, 3.63) is 34.9 Å². The second kappa shape index (κ2) is 4.85. The van der Waals surface area contributed by atoms with Crippen LogP contribution in [-0.2, 0) is 22.4 Å². The van der Waals surface area contributed by atoms with E-state index in [4.69, 9.17) is 0 Å². The topological polar surface area (TPSA) is 26.3 Å². The lowest BCUT2D eigenvalue weighted by Gasteiger charge is -2.15. The van der Waals surface area contributed by atoms with Crippen LogP contribution in [0.4, 0.5) is 0 Å². The van der Waals surface area contributed by atoms with Crippen LogP contribution in [0.3, 0.4) is 0 Å². The van der Waals surface area contributed by atoms with E-state index in [1.165, 1.54) is 37.5 Å². The average molecular weight is 214 g/mol. The lowest BCUT2D eigenvalue weighted by atomic mass is 9.90. The van der Waals surface area contributed by atoms with Gasteiger partial charge in [0, 0.05) is 11.5 Å². The standard InChI is InChI=1S/C14H14O2/c1-16-14(15)9-7-11-6-8-12-4-2-3-5-13(12)10-11/h6,8,10H,2-5H2,1H3. The van der Waals surface area contributed by atoms with Crippen LogP contribution >= 0.6 is 0 Å². The van der Waals surface area contributed by atoms with Crippen LogP contribution in [0.5, 0.6) is 0 Å². The molecular formula is C14H14O2. The van der Waals surface area contributed by atoms with Crippen LogP contribution in [-0.4, -0.2) is 13.1 Å². The van der Waals surface area contributed by atoms with Gasteiger partial charge in [-0.05, 0) is 48.9 Å². The number of carbonyl (C=O) groups excluding carboxylic acids is 1. The monoisotopic (exact) mass is 214 g/mol. The lowest BCUT2D eigenvalue weighted by Crippen LogP contribution is -2.02. The molecule has 0 spiro atoms. The van der Waals surface area contributed by atoms with Gasteiger partial charge >= 0.3 is 5.97 Å². The molecule has 0 heterocycles. The summed E-state index contributed by atoms with van der Waals surface area (Å²) in [4.78, 5) is 10.9. The second-order valence-electron chi connectivity index (χ2n) is 3.93. The third-order valence-corrected chi connectivity index (χ3v) is 2.84. The summed E-state index contributed by atoms with van der Waals surface area (Å²) in [7, 11) is 1.34. The molecule has 1 aliphatic carbocycles. The van der Waals surface area contributed by atoms with E-state index in [0.717, 1.165) is 12.0 Å². The molecule has 0 bridgehead atoms. The van der Waals surface area contributed by atoms with Gasteiger partial charge in [-0.1, -0.05) is 12.0 Å². The highest BCUT2D eigenvalue weighted by Crippen LogP contribution is 2.21. The molecule has 0 atom stereocenters. The number of ether oxygens (including phenoxy) is 1. The molecule has 0 fully saturated rings. The van der Waals surface area contributed by atoms with Gasteiger partial charge in [-0.2, -0.15) is 0 Å². The van der Waals surface area contributed by atoms with Crippen molar-refractivity contribution >= 4 is 5.97 Å². The van der Waals surface area contributed by atoms with E-state index in [0.29, 0.717) is 0 Å². The number of rotatable bonds is 0. The average Bonchev–Trinajstić information content (AvgIpc) is 2.35. The second-order valence-corrected chi connectivity index (χ2v) is 3.93. The highest BCUT2D eigenvalue weighted by atomic mass is 16.5. The Hall–Kier alpha value is -1.75. The summed E-state index contributed by atoms with van der Waals surface area (Å²) in [5.41, 5.74) is 3.70. The first-order valence-corrected chi connectivity index (χ1v) is 5.51. The minimum Gasteiger partial charge on any atom is -0.459 e. The minimum atomic E-state index is -0.488. The van der Waals surface area contributed by atoms with Gasteiger partial charge in [-0.3, -0.25) is 0 Å². The van der Waals surface area contributed by atoms with E-state index in [1.807, 2.05) is 6.07 Å². The van der Waals surface area contributed by atoms with E-state index in [9.17, 15) is 4.79 Å². The van der Waals surface area contributed by atoms with Crippen molar-refractivity contribution in [2.45, 2.75) is 25.7 Å². The van der Waals surface area contributed by atoms with Gasteiger partial charge in [0.2, 0.25) is 0 Å². The number of carbonyl (C=O) groups is 1. The summed E-state index contributed by atoms with van der Waals surface area (Å²) in [5.74, 6) is 4.78. The minimum absolute atomic E-state index is 0.488. The Labute approximate surface area is 95.6 Å². The van der Waals surface area contributed by atoms with Gasteiger partial charge in [-0.15, -0.1) is 0 Å². The van der Waals surface area contributed by atoms with Crippen LogP contribution in [0.15, 0.2) is 18.2 Å². The molecule has 1 aliphatic rings. The van der Waals surface area contributed by atoms with Crippen molar-refractivity contribution in [2.75, 3.05) is 7.11 Å². The summed E-state index contributed by atoms with van der Waals surface area (Å²) < 4.78 is 4.47. The van der Waals surface area contributed by atoms with Crippen molar-refractivity contribution < 1.29 is 9.53 Å². The van der Waals surface area contributed by atoms with Gasteiger partial charge in [0.25, 0.3) is 0 Å². The zero-order valence-electron chi connectivity index (χ0n) is 9.38. The molecule has 0 aromatic heterocycles. The van der Waals surface area contributed by atoms with Crippen molar-refractivity contribution in [1.82, 2.24) is 0 Å². The normalized spacial score (nSPS) is 13.3. The van der Waals surface area contributed by atoms with Gasteiger partial charge in [-0.25, -0.2) is 4.79 Å². The molecule has 0 amide bonds. The summed E-state index contributed by atoms with van der Waals surface area (Å²) in [6, 6.07) is 6.18. The molecule has 2 heteroatoms. The van der Waals surface area contributed by atoms with Crippen molar-refractivity contribution in [1.29, 1.82) is 0 Å². The Balaban J connectivity index is 2.22. The first-order chi connectivity index (χ1) is 7.79. The molecule has 82 valence electrons. The Morgan fingerprint density at radius 2 is 2.00 bits per heavy atom. The summed E-state index contributed by atoms with van der Waals surface area (Å²) in [6.45, 7) is 0. The van der Waals surface area contributed by atoms with Gasteiger partial charge in [0.05, 0.1) is 7.11 Å². The highest BCUT2D eigenvalue weighted by molar-refractivity contribution is 5.89. The molecule has 0 unspecified atom stereocenters. The summed E-state index contributed by atoms with van der Waals surface area (Å²) >= 11 is 0. The number of methoxy groups -OCH3 is 1. The Morgan fingerprint density at radius 1 is 1.25 bits per heavy atom. The van der Waals surface area contributed by atoms with Crippen LogP contribution in [0, 0.1) is 11.8 Å². The molecule has 2 nitrogen and oxygen atoms in total. The van der Waals surface area contributed by atoms with Crippen molar-refractivity contribution in [2.24, 2.45) is 0 Å². The van der Waals surface area contributed by atoms with Gasteiger partial charge in [0.15, 0.2) is 0 Å². The highest BCUT2D eigenvalue weighted by Gasteiger charge is 2.08. The van der Waals surface area contributed by atoms with Crippen LogP contribution in [0.2, 0.25) is 0 Å². The quantitative estimate of drug-likeness (QED) is 0.488. The number of benzene rings is 1. The molecule has 1 aromatic carbocycles. The maximum atomic E-state index is 10.9. The fraction of sp³-hybridized carbons (Fsp3) is 0.357. The van der Waals surface area contributed by atoms with Crippen molar-refractivity contribution in [3.8, 4) is 11.8 Å². The Kier molecular flexibility index (Phi) is 3.26. The van der Waals surface area contributed by atoms with Crippen LogP contribution in [0.1, 0.15) is 29.5 Å². The van der Waals surface area contributed by atoms with E-state index >= 15 is 0 Å². The first-order valence-electron chi connectivity index (χ1n) is 5.51. The zero-order chi connectivity index (χ0) is 11.4. The zero-order valence-corrected chi connectivity index (χ0v) is 9.38. The predicted octanol–water partition coefficient (Wildman–Crippen LogP) is 2.09. The fourth-order valence-electron chi connectivity index (χ4n) is 1.99. The molecular weight excluding hydrogens is 200 g/mol. The maximum Gasteiger partial charge on any atom is 0.384 e. The van der Waals surface area contributed by atoms with Crippen LogP contribution in [0.25, 0.3) is 0 Å². The van der Waals surface area contributed by atoms with E-state index in [2.05, 4.69) is 28.7 Å². The van der Waals surface area contributed by atoms with Gasteiger partial charge < -0.3 is 4.74 Å². The van der Waals surface area contributed by atoms with E-state index in [1.54, 1.807) is 0 Å².